The molecule has 18 heavy (non-hydrogen) atoms. The zero-order chi connectivity index (χ0) is 13.2. The number of ether oxygens (including phenoxy) is 1. The molecule has 0 aliphatic heterocycles. The lowest BCUT2D eigenvalue weighted by Gasteiger charge is -2.07. The van der Waals surface area contributed by atoms with E-state index in [9.17, 15) is 0 Å². The van der Waals surface area contributed by atoms with E-state index in [1.165, 1.54) is 23.1 Å². The monoisotopic (exact) mass is 247 g/mol. The number of hydrogen-bond donors (Lipinski definition) is 1. The molecule has 0 heterocycles. The van der Waals surface area contributed by atoms with E-state index in [0.29, 0.717) is 6.61 Å². The van der Waals surface area contributed by atoms with Crippen molar-refractivity contribution >= 4 is 0 Å². The van der Waals surface area contributed by atoms with Crippen molar-refractivity contribution in [2.24, 2.45) is 0 Å². The van der Waals surface area contributed by atoms with Crippen molar-refractivity contribution in [3.05, 3.63) is 47.5 Å². The Balaban J connectivity index is 2.32. The first-order valence-electron chi connectivity index (χ1n) is 6.73. The molecule has 0 atom stereocenters. The van der Waals surface area contributed by atoms with Gasteiger partial charge in [0.2, 0.25) is 0 Å². The molecule has 0 aliphatic rings. The fourth-order valence-electron chi connectivity index (χ4n) is 1.68. The van der Waals surface area contributed by atoms with Crippen LogP contribution in [-0.4, -0.2) is 13.2 Å². The topological polar surface area (TPSA) is 21.3 Å². The lowest BCUT2D eigenvalue weighted by Crippen LogP contribution is -2.13. The maximum absolute atomic E-state index is 5.63. The summed E-state index contributed by atoms with van der Waals surface area (Å²) in [5.41, 5.74) is 3.74. The van der Waals surface area contributed by atoms with Crippen molar-refractivity contribution in [2.75, 3.05) is 13.2 Å². The van der Waals surface area contributed by atoms with E-state index >= 15 is 0 Å². The van der Waals surface area contributed by atoms with Crippen molar-refractivity contribution in [1.29, 1.82) is 0 Å². The SMILES string of the molecule is C=C(C)CCOCc1cccc(CNCCC)c1. The Morgan fingerprint density at radius 1 is 1.33 bits per heavy atom. The van der Waals surface area contributed by atoms with Crippen molar-refractivity contribution in [1.82, 2.24) is 5.32 Å². The lowest BCUT2D eigenvalue weighted by atomic mass is 10.1. The molecule has 0 saturated heterocycles. The number of benzene rings is 1. The van der Waals surface area contributed by atoms with Gasteiger partial charge in [0.1, 0.15) is 0 Å². The standard InChI is InChI=1S/C16H25NO/c1-4-9-17-12-15-6-5-7-16(11-15)13-18-10-8-14(2)3/h5-7,11,17H,2,4,8-10,12-13H2,1,3H3. The van der Waals surface area contributed by atoms with Gasteiger partial charge in [-0.1, -0.05) is 36.8 Å². The zero-order valence-electron chi connectivity index (χ0n) is 11.7. The maximum Gasteiger partial charge on any atom is 0.0717 e. The highest BCUT2D eigenvalue weighted by molar-refractivity contribution is 5.22. The molecule has 100 valence electrons. The van der Waals surface area contributed by atoms with Crippen molar-refractivity contribution < 1.29 is 4.74 Å². The van der Waals surface area contributed by atoms with Gasteiger partial charge in [-0.05, 0) is 37.4 Å². The van der Waals surface area contributed by atoms with Crippen molar-refractivity contribution in [3.8, 4) is 0 Å². The van der Waals surface area contributed by atoms with E-state index in [0.717, 1.165) is 26.1 Å². The molecule has 0 aliphatic carbocycles. The summed E-state index contributed by atoms with van der Waals surface area (Å²) in [6.07, 6.45) is 2.11. The Morgan fingerprint density at radius 2 is 2.11 bits per heavy atom. The Kier molecular flexibility index (Phi) is 7.38. The average molecular weight is 247 g/mol. The minimum absolute atomic E-state index is 0.689. The minimum Gasteiger partial charge on any atom is -0.376 e. The van der Waals surface area contributed by atoms with Crippen LogP contribution in [0.2, 0.25) is 0 Å². The van der Waals surface area contributed by atoms with Gasteiger partial charge in [0.25, 0.3) is 0 Å². The first kappa shape index (κ1) is 14.9. The van der Waals surface area contributed by atoms with Gasteiger partial charge in [-0.25, -0.2) is 0 Å². The summed E-state index contributed by atoms with van der Waals surface area (Å²) < 4.78 is 5.63. The molecule has 0 saturated carbocycles. The van der Waals surface area contributed by atoms with Crippen molar-refractivity contribution in [3.63, 3.8) is 0 Å². The van der Waals surface area contributed by atoms with Crippen molar-refractivity contribution in [2.45, 2.75) is 39.8 Å². The van der Waals surface area contributed by atoms with Crippen LogP contribution in [0.4, 0.5) is 0 Å². The molecular formula is C16H25NO. The third-order valence-electron chi connectivity index (χ3n) is 2.69. The molecule has 0 bridgehead atoms. The van der Waals surface area contributed by atoms with Crippen LogP contribution in [-0.2, 0) is 17.9 Å². The first-order valence-corrected chi connectivity index (χ1v) is 6.73. The van der Waals surface area contributed by atoms with Crippen LogP contribution in [0.1, 0.15) is 37.8 Å². The van der Waals surface area contributed by atoms with Crippen LogP contribution >= 0.6 is 0 Å². The molecule has 1 rings (SSSR count). The molecule has 1 aromatic rings. The van der Waals surface area contributed by atoms with Gasteiger partial charge in [-0.15, -0.1) is 6.58 Å². The van der Waals surface area contributed by atoms with Gasteiger partial charge in [0.15, 0.2) is 0 Å². The molecule has 0 unspecified atom stereocenters. The van der Waals surface area contributed by atoms with E-state index in [1.54, 1.807) is 0 Å². The van der Waals surface area contributed by atoms with E-state index < -0.39 is 0 Å². The van der Waals surface area contributed by atoms with Crippen LogP contribution in [0.15, 0.2) is 36.4 Å². The third-order valence-corrected chi connectivity index (χ3v) is 2.69. The van der Waals surface area contributed by atoms with E-state index in [-0.39, 0.29) is 0 Å². The van der Waals surface area contributed by atoms with E-state index in [1.807, 2.05) is 6.92 Å². The number of nitrogens with one attached hydrogen (secondary N) is 1. The molecular weight excluding hydrogens is 222 g/mol. The molecule has 0 radical (unpaired) electrons. The maximum atomic E-state index is 5.63. The number of rotatable bonds is 9. The normalized spacial score (nSPS) is 10.6. The molecule has 0 spiro atoms. The van der Waals surface area contributed by atoms with Crippen LogP contribution in [0.3, 0.4) is 0 Å². The Bertz CT molecular complexity index is 360. The molecule has 0 fully saturated rings. The largest absolute Gasteiger partial charge is 0.376 e. The molecule has 0 amide bonds. The Labute approximate surface area is 111 Å². The predicted octanol–water partition coefficient (Wildman–Crippen LogP) is 3.67. The van der Waals surface area contributed by atoms with Gasteiger partial charge in [-0.2, -0.15) is 0 Å². The molecule has 1 aromatic carbocycles. The van der Waals surface area contributed by atoms with Gasteiger partial charge >= 0.3 is 0 Å². The predicted molar refractivity (Wildman–Crippen MR) is 77.5 cm³/mol. The van der Waals surface area contributed by atoms with Crippen LogP contribution < -0.4 is 5.32 Å². The summed E-state index contributed by atoms with van der Waals surface area (Å²) >= 11 is 0. The number of hydrogen-bond acceptors (Lipinski definition) is 2. The van der Waals surface area contributed by atoms with Crippen LogP contribution in [0.5, 0.6) is 0 Å². The van der Waals surface area contributed by atoms with Crippen LogP contribution in [0, 0.1) is 0 Å². The zero-order valence-corrected chi connectivity index (χ0v) is 11.7. The van der Waals surface area contributed by atoms with Gasteiger partial charge in [0, 0.05) is 6.54 Å². The lowest BCUT2D eigenvalue weighted by molar-refractivity contribution is 0.124. The fraction of sp³-hybridized carbons (Fsp3) is 0.500. The summed E-state index contributed by atoms with van der Waals surface area (Å²) in [5.74, 6) is 0. The second-order valence-corrected chi connectivity index (χ2v) is 4.76. The summed E-state index contributed by atoms with van der Waals surface area (Å²) in [7, 11) is 0. The minimum atomic E-state index is 0.689. The highest BCUT2D eigenvalue weighted by Crippen LogP contribution is 2.07. The average Bonchev–Trinajstić information content (AvgIpc) is 2.35. The summed E-state index contributed by atoms with van der Waals surface area (Å²) in [5, 5.41) is 3.41. The van der Waals surface area contributed by atoms with Gasteiger partial charge < -0.3 is 10.1 Å². The molecule has 2 nitrogen and oxygen atoms in total. The van der Waals surface area contributed by atoms with E-state index in [4.69, 9.17) is 4.74 Å². The third kappa shape index (κ3) is 6.58. The second kappa shape index (κ2) is 8.90. The smallest absolute Gasteiger partial charge is 0.0717 e. The van der Waals surface area contributed by atoms with Gasteiger partial charge in [0.05, 0.1) is 13.2 Å². The Morgan fingerprint density at radius 3 is 2.83 bits per heavy atom. The fourth-order valence-corrected chi connectivity index (χ4v) is 1.68. The molecule has 1 N–H and O–H groups in total. The van der Waals surface area contributed by atoms with Crippen LogP contribution in [0.25, 0.3) is 0 Å². The first-order chi connectivity index (χ1) is 8.72. The summed E-state index contributed by atoms with van der Waals surface area (Å²) in [4.78, 5) is 0. The highest BCUT2D eigenvalue weighted by atomic mass is 16.5. The molecule has 0 aromatic heterocycles. The summed E-state index contributed by atoms with van der Waals surface area (Å²) in [6, 6.07) is 8.58. The quantitative estimate of drug-likeness (QED) is 0.531. The highest BCUT2D eigenvalue weighted by Gasteiger charge is 1.97. The van der Waals surface area contributed by atoms with E-state index in [2.05, 4.69) is 43.1 Å². The summed E-state index contributed by atoms with van der Waals surface area (Å²) in [6.45, 7) is 11.5. The van der Waals surface area contributed by atoms with Gasteiger partial charge in [-0.3, -0.25) is 0 Å². The second-order valence-electron chi connectivity index (χ2n) is 4.76. The molecule has 2 heteroatoms. The Hall–Kier alpha value is -1.12.